The molecule has 192 valence electrons. The van der Waals surface area contributed by atoms with Crippen LogP contribution in [0.1, 0.15) is 24.0 Å². The Kier molecular flexibility index (Phi) is 9.10. The minimum absolute atomic E-state index is 0.232. The summed E-state index contributed by atoms with van der Waals surface area (Å²) in [5, 5.41) is 2.69. The van der Waals surface area contributed by atoms with Crippen LogP contribution in [0.5, 0.6) is 0 Å². The molecule has 1 N–H and O–H groups in total. The number of nitrogens with one attached hydrogen (secondary N) is 1. The highest BCUT2D eigenvalue weighted by Crippen LogP contribution is 2.21. The topological polar surface area (TPSA) is 82.6 Å². The Morgan fingerprint density at radius 2 is 1.62 bits per heavy atom. The van der Waals surface area contributed by atoms with Gasteiger partial charge in [-0.15, -0.1) is 0 Å². The molecule has 9 heteroatoms. The van der Waals surface area contributed by atoms with E-state index in [1.54, 1.807) is 30.4 Å². The number of amides is 3. The standard InChI is InChI=1S/C28H28Br2N4O3/c1-33(24(16-19-6-10-21(29)11-7-19)17-20-8-12-22(30)13-9-20)28(37)26(35)32-25-5-3-15-34(27(25)36)23-4-2-14-31-18-23/h2,4,6-14,18,24-25H,3,5,15-17H2,1H3,(H,32,35). The van der Waals surface area contributed by atoms with E-state index in [2.05, 4.69) is 42.2 Å². The van der Waals surface area contributed by atoms with E-state index in [0.717, 1.165) is 20.1 Å². The van der Waals surface area contributed by atoms with E-state index in [0.29, 0.717) is 37.9 Å². The molecule has 1 saturated heterocycles. The van der Waals surface area contributed by atoms with Crippen molar-refractivity contribution in [3.05, 3.63) is 93.1 Å². The molecular formula is C28H28Br2N4O3. The smallest absolute Gasteiger partial charge is 0.311 e. The third-order valence-corrected chi connectivity index (χ3v) is 7.59. The largest absolute Gasteiger partial charge is 0.336 e. The van der Waals surface area contributed by atoms with E-state index in [1.807, 2.05) is 54.6 Å². The normalized spacial score (nSPS) is 15.5. The van der Waals surface area contributed by atoms with Crippen molar-refractivity contribution < 1.29 is 14.4 Å². The molecule has 0 spiro atoms. The number of benzene rings is 2. The minimum atomic E-state index is -0.773. The maximum Gasteiger partial charge on any atom is 0.311 e. The molecule has 7 nitrogen and oxygen atoms in total. The zero-order valence-corrected chi connectivity index (χ0v) is 23.6. The Labute approximate surface area is 233 Å². The lowest BCUT2D eigenvalue weighted by Gasteiger charge is -2.33. The zero-order valence-electron chi connectivity index (χ0n) is 20.4. The lowest BCUT2D eigenvalue weighted by atomic mass is 9.97. The SMILES string of the molecule is CN(C(=O)C(=O)NC1CCCN(c2cccnc2)C1=O)C(Cc1ccc(Br)cc1)Cc1ccc(Br)cc1. The van der Waals surface area contributed by atoms with Gasteiger partial charge in [0, 0.05) is 34.8 Å². The van der Waals surface area contributed by atoms with Gasteiger partial charge in [-0.2, -0.15) is 0 Å². The summed E-state index contributed by atoms with van der Waals surface area (Å²) in [5.74, 6) is -1.67. The second kappa shape index (κ2) is 12.5. The van der Waals surface area contributed by atoms with Crippen molar-refractivity contribution in [2.24, 2.45) is 0 Å². The van der Waals surface area contributed by atoms with Crippen LogP contribution >= 0.6 is 31.9 Å². The Balaban J connectivity index is 1.47. The summed E-state index contributed by atoms with van der Waals surface area (Å²) in [6.07, 6.45) is 5.62. The number of nitrogens with zero attached hydrogens (tertiary/aromatic N) is 3. The summed E-state index contributed by atoms with van der Waals surface area (Å²) in [6.45, 7) is 0.549. The van der Waals surface area contributed by atoms with Gasteiger partial charge in [-0.1, -0.05) is 56.1 Å². The molecule has 1 aliphatic heterocycles. The second-order valence-electron chi connectivity index (χ2n) is 9.10. The van der Waals surface area contributed by atoms with Crippen LogP contribution in [0.15, 0.2) is 82.0 Å². The van der Waals surface area contributed by atoms with Crippen LogP contribution in [-0.4, -0.2) is 53.3 Å². The van der Waals surface area contributed by atoms with E-state index < -0.39 is 17.9 Å². The number of carbonyl (C=O) groups excluding carboxylic acids is 3. The quantitative estimate of drug-likeness (QED) is 0.390. The Hall–Kier alpha value is -3.04. The molecule has 4 rings (SSSR count). The molecule has 1 fully saturated rings. The highest BCUT2D eigenvalue weighted by molar-refractivity contribution is 9.10. The number of anilines is 1. The van der Waals surface area contributed by atoms with Gasteiger partial charge in [-0.05, 0) is 73.2 Å². The molecule has 2 aromatic carbocycles. The van der Waals surface area contributed by atoms with Crippen molar-refractivity contribution >= 4 is 55.3 Å². The first kappa shape index (κ1) is 27.0. The number of piperidine rings is 1. The summed E-state index contributed by atoms with van der Waals surface area (Å²) in [7, 11) is 1.65. The van der Waals surface area contributed by atoms with Crippen LogP contribution in [0.4, 0.5) is 5.69 Å². The zero-order chi connectivity index (χ0) is 26.4. The third-order valence-electron chi connectivity index (χ3n) is 6.53. The summed E-state index contributed by atoms with van der Waals surface area (Å²) in [5.41, 5.74) is 2.79. The summed E-state index contributed by atoms with van der Waals surface area (Å²) in [6, 6.07) is 18.4. The average molecular weight is 628 g/mol. The molecule has 3 amide bonds. The molecule has 0 bridgehead atoms. The van der Waals surface area contributed by atoms with Crippen molar-refractivity contribution in [2.45, 2.75) is 37.8 Å². The van der Waals surface area contributed by atoms with E-state index in [-0.39, 0.29) is 11.9 Å². The van der Waals surface area contributed by atoms with E-state index in [4.69, 9.17) is 0 Å². The van der Waals surface area contributed by atoms with Gasteiger partial charge in [-0.3, -0.25) is 19.4 Å². The first-order chi connectivity index (χ1) is 17.8. The van der Waals surface area contributed by atoms with Crippen LogP contribution < -0.4 is 10.2 Å². The van der Waals surface area contributed by atoms with Gasteiger partial charge in [0.1, 0.15) is 6.04 Å². The molecule has 3 aromatic rings. The van der Waals surface area contributed by atoms with Crippen molar-refractivity contribution in [3.8, 4) is 0 Å². The molecule has 0 saturated carbocycles. The van der Waals surface area contributed by atoms with Crippen LogP contribution in [-0.2, 0) is 27.2 Å². The van der Waals surface area contributed by atoms with Gasteiger partial charge in [0.15, 0.2) is 0 Å². The maximum absolute atomic E-state index is 13.3. The number of hydrogen-bond acceptors (Lipinski definition) is 4. The molecule has 1 atom stereocenters. The molecule has 37 heavy (non-hydrogen) atoms. The third kappa shape index (κ3) is 7.05. The van der Waals surface area contributed by atoms with Crippen molar-refractivity contribution in [3.63, 3.8) is 0 Å². The van der Waals surface area contributed by atoms with Crippen molar-refractivity contribution in [2.75, 3.05) is 18.5 Å². The molecule has 1 aliphatic rings. The number of pyridine rings is 1. The molecule has 1 unspecified atom stereocenters. The van der Waals surface area contributed by atoms with Gasteiger partial charge in [0.25, 0.3) is 0 Å². The number of hydrogen-bond donors (Lipinski definition) is 1. The minimum Gasteiger partial charge on any atom is -0.336 e. The fourth-order valence-electron chi connectivity index (χ4n) is 4.46. The Morgan fingerprint density at radius 1 is 1.03 bits per heavy atom. The number of halogens is 2. The van der Waals surface area contributed by atoms with Crippen LogP contribution in [0.3, 0.4) is 0 Å². The fourth-order valence-corrected chi connectivity index (χ4v) is 4.98. The summed E-state index contributed by atoms with van der Waals surface area (Å²) < 4.78 is 1.95. The van der Waals surface area contributed by atoms with Crippen LogP contribution in [0, 0.1) is 0 Å². The van der Waals surface area contributed by atoms with Crippen LogP contribution in [0.2, 0.25) is 0 Å². The molecular weight excluding hydrogens is 600 g/mol. The Bertz CT molecular complexity index is 1190. The lowest BCUT2D eigenvalue weighted by molar-refractivity contribution is -0.147. The predicted octanol–water partition coefficient (Wildman–Crippen LogP) is 4.53. The van der Waals surface area contributed by atoms with Crippen molar-refractivity contribution in [1.29, 1.82) is 0 Å². The highest BCUT2D eigenvalue weighted by atomic mass is 79.9. The van der Waals surface area contributed by atoms with Crippen molar-refractivity contribution in [1.82, 2.24) is 15.2 Å². The molecule has 1 aromatic heterocycles. The van der Waals surface area contributed by atoms with Gasteiger partial charge >= 0.3 is 11.8 Å². The lowest BCUT2D eigenvalue weighted by Crippen LogP contribution is -2.56. The van der Waals surface area contributed by atoms with Gasteiger partial charge in [0.2, 0.25) is 5.91 Å². The average Bonchev–Trinajstić information content (AvgIpc) is 2.91. The van der Waals surface area contributed by atoms with E-state index in [1.165, 1.54) is 4.90 Å². The molecule has 0 aliphatic carbocycles. The first-order valence-electron chi connectivity index (χ1n) is 12.1. The number of likely N-dealkylation sites (N-methyl/N-ethyl adjacent to an activating group) is 1. The summed E-state index contributed by atoms with van der Waals surface area (Å²) >= 11 is 6.92. The maximum atomic E-state index is 13.3. The van der Waals surface area contributed by atoms with Gasteiger partial charge < -0.3 is 15.1 Å². The molecule has 2 heterocycles. The Morgan fingerprint density at radius 3 is 2.16 bits per heavy atom. The number of aromatic nitrogens is 1. The van der Waals surface area contributed by atoms with E-state index in [9.17, 15) is 14.4 Å². The monoisotopic (exact) mass is 626 g/mol. The van der Waals surface area contributed by atoms with E-state index >= 15 is 0 Å². The van der Waals surface area contributed by atoms with Crippen LogP contribution in [0.25, 0.3) is 0 Å². The van der Waals surface area contributed by atoms with Gasteiger partial charge in [0.05, 0.1) is 11.9 Å². The summed E-state index contributed by atoms with van der Waals surface area (Å²) in [4.78, 5) is 46.6. The number of rotatable bonds is 7. The second-order valence-corrected chi connectivity index (χ2v) is 10.9. The van der Waals surface area contributed by atoms with Gasteiger partial charge in [-0.25, -0.2) is 0 Å². The number of carbonyl (C=O) groups is 3. The molecule has 0 radical (unpaired) electrons. The first-order valence-corrected chi connectivity index (χ1v) is 13.7. The highest BCUT2D eigenvalue weighted by Gasteiger charge is 2.34. The fraction of sp³-hybridized carbons (Fsp3) is 0.286. The predicted molar refractivity (Wildman–Crippen MR) is 150 cm³/mol.